The number of carbonyl (C=O) groups is 2. The second kappa shape index (κ2) is 10.8. The Morgan fingerprint density at radius 2 is 1.47 bits per heavy atom. The summed E-state index contributed by atoms with van der Waals surface area (Å²) in [5, 5.41) is 2.86. The summed E-state index contributed by atoms with van der Waals surface area (Å²) in [6.07, 6.45) is 1.12. The van der Waals surface area contributed by atoms with Gasteiger partial charge in [-0.25, -0.2) is 0 Å². The summed E-state index contributed by atoms with van der Waals surface area (Å²) >= 11 is 0. The molecule has 3 aromatic carbocycles. The van der Waals surface area contributed by atoms with Crippen molar-refractivity contribution in [3.8, 4) is 5.75 Å². The zero-order valence-electron chi connectivity index (χ0n) is 17.1. The zero-order chi connectivity index (χ0) is 21.2. The second-order valence-electron chi connectivity index (χ2n) is 6.99. The van der Waals surface area contributed by atoms with Gasteiger partial charge in [-0.05, 0) is 48.4 Å². The van der Waals surface area contributed by atoms with Gasteiger partial charge in [0.05, 0.1) is 0 Å². The predicted molar refractivity (Wildman–Crippen MR) is 120 cm³/mol. The minimum Gasteiger partial charge on any atom is -0.489 e. The first kappa shape index (κ1) is 21.1. The van der Waals surface area contributed by atoms with E-state index in [2.05, 4.69) is 5.32 Å². The van der Waals surface area contributed by atoms with Crippen LogP contribution in [0.1, 0.15) is 24.8 Å². The van der Waals surface area contributed by atoms with Crippen LogP contribution in [-0.2, 0) is 16.2 Å². The summed E-state index contributed by atoms with van der Waals surface area (Å²) in [4.78, 5) is 26.0. The Bertz CT molecular complexity index is 941. The molecule has 0 atom stereocenters. The molecule has 0 aliphatic heterocycles. The van der Waals surface area contributed by atoms with Crippen molar-refractivity contribution in [2.75, 3.05) is 17.3 Å². The molecule has 0 saturated heterocycles. The van der Waals surface area contributed by atoms with Gasteiger partial charge in [-0.2, -0.15) is 0 Å². The molecule has 0 radical (unpaired) electrons. The summed E-state index contributed by atoms with van der Waals surface area (Å²) in [6.45, 7) is 0.498. The Morgan fingerprint density at radius 1 is 0.833 bits per heavy atom. The van der Waals surface area contributed by atoms with Gasteiger partial charge in [0.15, 0.2) is 0 Å². The molecule has 2 amide bonds. The standard InChI is InChI=1S/C25H26N2O3/c1-27(22-11-6-3-7-12-22)25(29)14-8-13-24(28)26-21-15-17-23(18-16-21)30-19-20-9-4-2-5-10-20/h2-7,9-12,15-18H,8,13-14,19H2,1H3,(H,26,28). The van der Waals surface area contributed by atoms with E-state index in [1.54, 1.807) is 11.9 Å². The van der Waals surface area contributed by atoms with E-state index in [4.69, 9.17) is 4.74 Å². The van der Waals surface area contributed by atoms with Gasteiger partial charge in [-0.15, -0.1) is 0 Å². The molecule has 3 rings (SSSR count). The number of anilines is 2. The molecule has 0 heterocycles. The van der Waals surface area contributed by atoms with Crippen molar-refractivity contribution >= 4 is 23.2 Å². The van der Waals surface area contributed by atoms with E-state index in [0.717, 1.165) is 17.0 Å². The minimum absolute atomic E-state index is 0.00563. The van der Waals surface area contributed by atoms with Crippen molar-refractivity contribution in [3.05, 3.63) is 90.5 Å². The van der Waals surface area contributed by atoms with Gasteiger partial charge in [0.2, 0.25) is 11.8 Å². The summed E-state index contributed by atoms with van der Waals surface area (Å²) in [7, 11) is 1.75. The molecule has 0 aromatic heterocycles. The monoisotopic (exact) mass is 402 g/mol. The molecule has 0 spiro atoms. The average Bonchev–Trinajstić information content (AvgIpc) is 2.79. The molecule has 3 aromatic rings. The Labute approximate surface area is 177 Å². The van der Waals surface area contributed by atoms with E-state index in [1.807, 2.05) is 84.9 Å². The lowest BCUT2D eigenvalue weighted by molar-refractivity contribution is -0.118. The topological polar surface area (TPSA) is 58.6 Å². The maximum Gasteiger partial charge on any atom is 0.226 e. The van der Waals surface area contributed by atoms with E-state index in [-0.39, 0.29) is 11.8 Å². The number of nitrogens with zero attached hydrogens (tertiary/aromatic N) is 1. The largest absolute Gasteiger partial charge is 0.489 e. The number of benzene rings is 3. The van der Waals surface area contributed by atoms with Gasteiger partial charge in [-0.3, -0.25) is 9.59 Å². The van der Waals surface area contributed by atoms with Crippen LogP contribution in [0.3, 0.4) is 0 Å². The van der Waals surface area contributed by atoms with E-state index in [9.17, 15) is 9.59 Å². The fourth-order valence-electron chi connectivity index (χ4n) is 2.96. The normalized spacial score (nSPS) is 10.3. The number of para-hydroxylation sites is 1. The maximum atomic E-state index is 12.3. The van der Waals surface area contributed by atoms with Gasteiger partial charge >= 0.3 is 0 Å². The minimum atomic E-state index is -0.108. The molecular formula is C25H26N2O3. The molecule has 30 heavy (non-hydrogen) atoms. The number of carbonyl (C=O) groups excluding carboxylic acids is 2. The summed E-state index contributed by atoms with van der Waals surface area (Å²) in [6, 6.07) is 26.7. The highest BCUT2D eigenvalue weighted by molar-refractivity contribution is 5.94. The van der Waals surface area contributed by atoms with E-state index >= 15 is 0 Å². The van der Waals surface area contributed by atoms with Crippen LogP contribution in [-0.4, -0.2) is 18.9 Å². The first-order valence-corrected chi connectivity index (χ1v) is 10.00. The van der Waals surface area contributed by atoms with Crippen LogP contribution in [0.25, 0.3) is 0 Å². The molecule has 0 bridgehead atoms. The molecule has 0 fully saturated rings. The van der Waals surface area contributed by atoms with Crippen molar-refractivity contribution in [2.24, 2.45) is 0 Å². The lowest BCUT2D eigenvalue weighted by Crippen LogP contribution is -2.26. The SMILES string of the molecule is CN(C(=O)CCCC(=O)Nc1ccc(OCc2ccccc2)cc1)c1ccccc1. The highest BCUT2D eigenvalue weighted by Crippen LogP contribution is 2.18. The van der Waals surface area contributed by atoms with Crippen molar-refractivity contribution in [2.45, 2.75) is 25.9 Å². The molecular weight excluding hydrogens is 376 g/mol. The van der Waals surface area contributed by atoms with Gasteiger partial charge < -0.3 is 15.0 Å². The highest BCUT2D eigenvalue weighted by atomic mass is 16.5. The first-order valence-electron chi connectivity index (χ1n) is 10.00. The van der Waals surface area contributed by atoms with Crippen LogP contribution in [0.2, 0.25) is 0 Å². The van der Waals surface area contributed by atoms with E-state index < -0.39 is 0 Å². The van der Waals surface area contributed by atoms with Crippen molar-refractivity contribution in [3.63, 3.8) is 0 Å². The van der Waals surface area contributed by atoms with Crippen LogP contribution in [0.15, 0.2) is 84.9 Å². The van der Waals surface area contributed by atoms with Crippen LogP contribution in [0.4, 0.5) is 11.4 Å². The lowest BCUT2D eigenvalue weighted by atomic mass is 10.2. The van der Waals surface area contributed by atoms with Gasteiger partial charge in [-0.1, -0.05) is 48.5 Å². The van der Waals surface area contributed by atoms with Crippen LogP contribution >= 0.6 is 0 Å². The van der Waals surface area contributed by atoms with Crippen molar-refractivity contribution in [1.82, 2.24) is 0 Å². The molecule has 0 aliphatic carbocycles. The summed E-state index contributed by atoms with van der Waals surface area (Å²) < 4.78 is 5.75. The van der Waals surface area contributed by atoms with Crippen molar-refractivity contribution < 1.29 is 14.3 Å². The number of nitrogens with one attached hydrogen (secondary N) is 1. The lowest BCUT2D eigenvalue weighted by Gasteiger charge is -2.17. The Balaban J connectivity index is 1.39. The molecule has 5 nitrogen and oxygen atoms in total. The number of ether oxygens (including phenoxy) is 1. The Kier molecular flexibility index (Phi) is 7.61. The number of hydrogen-bond acceptors (Lipinski definition) is 3. The Hall–Kier alpha value is -3.60. The van der Waals surface area contributed by atoms with Crippen LogP contribution in [0.5, 0.6) is 5.75 Å². The molecule has 0 saturated carbocycles. The van der Waals surface area contributed by atoms with Crippen LogP contribution < -0.4 is 15.0 Å². The predicted octanol–water partition coefficient (Wildman–Crippen LogP) is 5.04. The van der Waals surface area contributed by atoms with E-state index in [1.165, 1.54) is 0 Å². The highest BCUT2D eigenvalue weighted by Gasteiger charge is 2.11. The number of amides is 2. The quantitative estimate of drug-likeness (QED) is 0.546. The van der Waals surface area contributed by atoms with Gasteiger partial charge in [0, 0.05) is 31.3 Å². The smallest absolute Gasteiger partial charge is 0.226 e. The van der Waals surface area contributed by atoms with Gasteiger partial charge in [0.25, 0.3) is 0 Å². The first-order chi connectivity index (χ1) is 14.6. The fraction of sp³-hybridized carbons (Fsp3) is 0.200. The average molecular weight is 402 g/mol. The number of rotatable bonds is 9. The third kappa shape index (κ3) is 6.48. The van der Waals surface area contributed by atoms with Crippen LogP contribution in [0, 0.1) is 0 Å². The Morgan fingerprint density at radius 3 is 2.13 bits per heavy atom. The molecule has 1 N–H and O–H groups in total. The summed E-state index contributed by atoms with van der Waals surface area (Å²) in [5.41, 5.74) is 2.66. The summed E-state index contributed by atoms with van der Waals surface area (Å²) in [5.74, 6) is 0.628. The molecule has 0 aliphatic rings. The van der Waals surface area contributed by atoms with E-state index in [0.29, 0.717) is 31.6 Å². The van der Waals surface area contributed by atoms with Gasteiger partial charge in [0.1, 0.15) is 12.4 Å². The molecule has 154 valence electrons. The second-order valence-corrected chi connectivity index (χ2v) is 6.99. The third-order valence-electron chi connectivity index (χ3n) is 4.70. The maximum absolute atomic E-state index is 12.3. The molecule has 0 unspecified atom stereocenters. The molecule has 5 heteroatoms. The van der Waals surface area contributed by atoms with Crippen molar-refractivity contribution in [1.29, 1.82) is 0 Å². The fourth-order valence-corrected chi connectivity index (χ4v) is 2.96. The third-order valence-corrected chi connectivity index (χ3v) is 4.70. The zero-order valence-corrected chi connectivity index (χ0v) is 17.1. The number of hydrogen-bond donors (Lipinski definition) is 1.